The maximum atomic E-state index is 12.8. The molecule has 27 heavy (non-hydrogen) atoms. The van der Waals surface area contributed by atoms with Crippen LogP contribution in [0.1, 0.15) is 20.8 Å². The first-order valence-corrected chi connectivity index (χ1v) is 8.78. The second-order valence-corrected chi connectivity index (χ2v) is 7.19. The largest absolute Gasteiger partial charge is 0.497 e. The molecule has 3 aromatic carbocycles. The second-order valence-electron chi connectivity index (χ2n) is 7.19. The van der Waals surface area contributed by atoms with Crippen molar-refractivity contribution in [3.05, 3.63) is 66.7 Å². The fourth-order valence-electron chi connectivity index (χ4n) is 2.63. The summed E-state index contributed by atoms with van der Waals surface area (Å²) in [6.07, 6.45) is -0.478. The van der Waals surface area contributed by atoms with Gasteiger partial charge in [0.25, 0.3) is 0 Å². The van der Waals surface area contributed by atoms with Crippen LogP contribution in [0.2, 0.25) is 0 Å². The molecule has 1 amide bonds. The van der Waals surface area contributed by atoms with Crippen LogP contribution in [0, 0.1) is 0 Å². The Hall–Kier alpha value is -3.21. The minimum Gasteiger partial charge on any atom is -0.497 e. The highest BCUT2D eigenvalue weighted by Gasteiger charge is 2.24. The quantitative estimate of drug-likeness (QED) is 0.611. The van der Waals surface area contributed by atoms with Gasteiger partial charge in [-0.25, -0.2) is 4.79 Å². The van der Waals surface area contributed by atoms with Gasteiger partial charge < -0.3 is 9.47 Å². The lowest BCUT2D eigenvalue weighted by Gasteiger charge is -2.28. The first-order chi connectivity index (χ1) is 12.9. The molecule has 0 saturated carbocycles. The molecular formula is C22H24N2O3. The zero-order chi connectivity index (χ0) is 19.4. The molecule has 0 aliphatic rings. The standard InChI is InChI=1S/C22H24N2O3/c1-22(2,3)27-21(25)24(23-18-10-13-20(26-4)14-11-18)19-12-9-16-7-5-6-8-17(16)15-19/h5-15,23H,1-4H3. The Morgan fingerprint density at radius 3 is 2.22 bits per heavy atom. The van der Waals surface area contributed by atoms with E-state index in [9.17, 15) is 4.79 Å². The van der Waals surface area contributed by atoms with E-state index in [2.05, 4.69) is 5.43 Å². The van der Waals surface area contributed by atoms with Crippen molar-refractivity contribution in [2.45, 2.75) is 26.4 Å². The Morgan fingerprint density at radius 1 is 0.926 bits per heavy atom. The van der Waals surface area contributed by atoms with Crippen molar-refractivity contribution in [3.8, 4) is 5.75 Å². The average Bonchev–Trinajstić information content (AvgIpc) is 2.64. The highest BCUT2D eigenvalue weighted by atomic mass is 16.6. The van der Waals surface area contributed by atoms with E-state index in [1.807, 2.05) is 87.5 Å². The summed E-state index contributed by atoms with van der Waals surface area (Å²) >= 11 is 0. The van der Waals surface area contributed by atoms with E-state index < -0.39 is 11.7 Å². The Bertz CT molecular complexity index is 930. The van der Waals surface area contributed by atoms with Crippen LogP contribution in [0.4, 0.5) is 16.2 Å². The van der Waals surface area contributed by atoms with E-state index in [1.165, 1.54) is 5.01 Å². The number of hydrogen-bond acceptors (Lipinski definition) is 4. The molecule has 5 nitrogen and oxygen atoms in total. The van der Waals surface area contributed by atoms with E-state index in [0.717, 1.165) is 22.2 Å². The molecule has 0 bridgehead atoms. The number of fused-ring (bicyclic) bond motifs is 1. The molecule has 0 atom stereocenters. The lowest BCUT2D eigenvalue weighted by Crippen LogP contribution is -2.40. The number of amides is 1. The average molecular weight is 364 g/mol. The van der Waals surface area contributed by atoms with Crippen LogP contribution in [0.25, 0.3) is 10.8 Å². The van der Waals surface area contributed by atoms with E-state index in [0.29, 0.717) is 5.69 Å². The Morgan fingerprint density at radius 2 is 1.59 bits per heavy atom. The van der Waals surface area contributed by atoms with Crippen molar-refractivity contribution >= 4 is 28.2 Å². The van der Waals surface area contributed by atoms with Gasteiger partial charge in [-0.2, -0.15) is 5.01 Å². The number of methoxy groups -OCH3 is 1. The molecule has 3 rings (SSSR count). The van der Waals surface area contributed by atoms with Gasteiger partial charge in [0.15, 0.2) is 0 Å². The third-order valence-corrected chi connectivity index (χ3v) is 3.90. The molecule has 1 N–H and O–H groups in total. The van der Waals surface area contributed by atoms with Gasteiger partial charge in [0, 0.05) is 0 Å². The molecule has 0 radical (unpaired) electrons. The number of ether oxygens (including phenoxy) is 2. The fourth-order valence-corrected chi connectivity index (χ4v) is 2.63. The van der Waals surface area contributed by atoms with Gasteiger partial charge in [0.1, 0.15) is 11.4 Å². The Kier molecular flexibility index (Phi) is 5.21. The van der Waals surface area contributed by atoms with Crippen LogP contribution < -0.4 is 15.2 Å². The number of rotatable bonds is 4. The number of carbonyl (C=O) groups is 1. The zero-order valence-corrected chi connectivity index (χ0v) is 16.0. The van der Waals surface area contributed by atoms with E-state index in [4.69, 9.17) is 9.47 Å². The van der Waals surface area contributed by atoms with Gasteiger partial charge in [-0.15, -0.1) is 0 Å². The summed E-state index contributed by atoms with van der Waals surface area (Å²) in [4.78, 5) is 12.8. The number of carbonyl (C=O) groups excluding carboxylic acids is 1. The maximum absolute atomic E-state index is 12.8. The third kappa shape index (κ3) is 4.70. The smallest absolute Gasteiger partial charge is 0.433 e. The summed E-state index contributed by atoms with van der Waals surface area (Å²) in [5, 5.41) is 3.56. The Balaban J connectivity index is 1.95. The summed E-state index contributed by atoms with van der Waals surface area (Å²) in [6.45, 7) is 5.53. The van der Waals surface area contributed by atoms with Crippen LogP contribution in [-0.4, -0.2) is 18.8 Å². The minimum atomic E-state index is -0.603. The van der Waals surface area contributed by atoms with Gasteiger partial charge in [-0.3, -0.25) is 5.43 Å². The molecule has 0 aliphatic heterocycles. The predicted octanol–water partition coefficient (Wildman–Crippen LogP) is 5.62. The van der Waals surface area contributed by atoms with Gasteiger partial charge in [0.05, 0.1) is 18.5 Å². The molecule has 0 spiro atoms. The van der Waals surface area contributed by atoms with Crippen LogP contribution in [0.5, 0.6) is 5.75 Å². The van der Waals surface area contributed by atoms with E-state index in [-0.39, 0.29) is 0 Å². The van der Waals surface area contributed by atoms with Crippen molar-refractivity contribution in [1.82, 2.24) is 0 Å². The van der Waals surface area contributed by atoms with Crippen LogP contribution in [-0.2, 0) is 4.74 Å². The first-order valence-electron chi connectivity index (χ1n) is 8.78. The number of nitrogens with one attached hydrogen (secondary N) is 1. The van der Waals surface area contributed by atoms with Gasteiger partial charge >= 0.3 is 6.09 Å². The summed E-state index contributed by atoms with van der Waals surface area (Å²) < 4.78 is 10.8. The van der Waals surface area contributed by atoms with Crippen molar-refractivity contribution in [2.24, 2.45) is 0 Å². The highest BCUT2D eigenvalue weighted by Crippen LogP contribution is 2.25. The van der Waals surface area contributed by atoms with Crippen LogP contribution in [0.15, 0.2) is 66.7 Å². The van der Waals surface area contributed by atoms with Gasteiger partial charge in [-0.05, 0) is 67.9 Å². The molecule has 0 heterocycles. The SMILES string of the molecule is COc1ccc(NN(C(=O)OC(C)(C)C)c2ccc3ccccc3c2)cc1. The molecule has 140 valence electrons. The van der Waals surface area contributed by atoms with E-state index in [1.54, 1.807) is 7.11 Å². The molecule has 0 saturated heterocycles. The minimum absolute atomic E-state index is 0.478. The summed E-state index contributed by atoms with van der Waals surface area (Å²) in [6, 6.07) is 21.2. The van der Waals surface area contributed by atoms with Gasteiger partial charge in [0.2, 0.25) is 0 Å². The molecule has 0 aromatic heterocycles. The number of anilines is 2. The molecule has 5 heteroatoms. The fraction of sp³-hybridized carbons (Fsp3) is 0.227. The predicted molar refractivity (Wildman–Crippen MR) is 109 cm³/mol. The van der Waals surface area contributed by atoms with Crippen molar-refractivity contribution in [2.75, 3.05) is 17.5 Å². The molecule has 0 unspecified atom stereocenters. The third-order valence-electron chi connectivity index (χ3n) is 3.90. The van der Waals surface area contributed by atoms with E-state index >= 15 is 0 Å². The topological polar surface area (TPSA) is 50.8 Å². The number of hydrazine groups is 1. The molecule has 0 aliphatic carbocycles. The van der Waals surface area contributed by atoms with Gasteiger partial charge in [-0.1, -0.05) is 30.3 Å². The van der Waals surface area contributed by atoms with Crippen LogP contribution >= 0.6 is 0 Å². The zero-order valence-electron chi connectivity index (χ0n) is 16.0. The molecule has 0 fully saturated rings. The summed E-state index contributed by atoms with van der Waals surface area (Å²) in [7, 11) is 1.62. The summed E-state index contributed by atoms with van der Waals surface area (Å²) in [5.74, 6) is 0.745. The number of nitrogens with zero attached hydrogens (tertiary/aromatic N) is 1. The lowest BCUT2D eigenvalue weighted by molar-refractivity contribution is 0.0589. The van der Waals surface area contributed by atoms with Crippen molar-refractivity contribution < 1.29 is 14.3 Å². The Labute approximate surface area is 159 Å². The molecular weight excluding hydrogens is 340 g/mol. The summed E-state index contributed by atoms with van der Waals surface area (Å²) in [5.41, 5.74) is 3.97. The highest BCUT2D eigenvalue weighted by molar-refractivity contribution is 5.94. The molecule has 3 aromatic rings. The van der Waals surface area contributed by atoms with Crippen molar-refractivity contribution in [1.29, 1.82) is 0 Å². The first kappa shape index (κ1) is 18.6. The second kappa shape index (κ2) is 7.58. The number of hydrogen-bond donors (Lipinski definition) is 1. The van der Waals surface area contributed by atoms with Crippen molar-refractivity contribution in [3.63, 3.8) is 0 Å². The monoisotopic (exact) mass is 364 g/mol. The number of benzene rings is 3. The van der Waals surface area contributed by atoms with Crippen LogP contribution in [0.3, 0.4) is 0 Å². The normalized spacial score (nSPS) is 11.1. The maximum Gasteiger partial charge on any atom is 0.433 e. The lowest BCUT2D eigenvalue weighted by atomic mass is 10.1.